The third-order valence-corrected chi connectivity index (χ3v) is 5.03. The molecule has 6 heteroatoms. The van der Waals surface area contributed by atoms with E-state index in [-0.39, 0.29) is 5.03 Å². The molecule has 0 amide bonds. The zero-order valence-corrected chi connectivity index (χ0v) is 12.0. The summed E-state index contributed by atoms with van der Waals surface area (Å²) in [5, 5.41) is 0.236. The summed E-state index contributed by atoms with van der Waals surface area (Å²) in [5.41, 5.74) is 0.881. The van der Waals surface area contributed by atoms with Crippen LogP contribution in [0.1, 0.15) is 50.7 Å². The van der Waals surface area contributed by atoms with E-state index in [1.54, 1.807) is 6.92 Å². The highest BCUT2D eigenvalue weighted by atomic mass is 32.2. The fraction of sp³-hybridized carbons (Fsp3) is 0.750. The Morgan fingerprint density at radius 1 is 1.44 bits per heavy atom. The smallest absolute Gasteiger partial charge is 0.259 e. The maximum atomic E-state index is 12.1. The largest absolute Gasteiger partial charge is 0.328 e. The Morgan fingerprint density at radius 2 is 2.17 bits per heavy atom. The first-order valence-electron chi connectivity index (χ1n) is 6.58. The predicted octanol–water partition coefficient (Wildman–Crippen LogP) is 1.78. The highest BCUT2D eigenvalue weighted by Gasteiger charge is 2.30. The third-order valence-electron chi connectivity index (χ3n) is 3.53. The Hall–Kier alpha value is -0.880. The second-order valence-corrected chi connectivity index (χ2v) is 6.42. The molecule has 1 N–H and O–H groups in total. The van der Waals surface area contributed by atoms with Crippen molar-refractivity contribution in [2.24, 2.45) is 0 Å². The van der Waals surface area contributed by atoms with Gasteiger partial charge in [-0.1, -0.05) is 13.8 Å². The molecule has 0 saturated carbocycles. The van der Waals surface area contributed by atoms with Gasteiger partial charge < -0.3 is 4.57 Å². The molecule has 0 aromatic carbocycles. The molecule has 1 aliphatic rings. The van der Waals surface area contributed by atoms with Crippen molar-refractivity contribution in [3.63, 3.8) is 0 Å². The number of rotatable bonds is 4. The first-order chi connectivity index (χ1) is 8.51. The molecule has 1 unspecified atom stereocenters. The zero-order valence-electron chi connectivity index (χ0n) is 11.2. The van der Waals surface area contributed by atoms with E-state index in [1.165, 1.54) is 0 Å². The Morgan fingerprint density at radius 3 is 2.78 bits per heavy atom. The molecule has 1 aliphatic heterocycles. The standard InChI is InChI=1S/C12H21N3O2S/c1-4-10-7-6-8-11-12(14-9(3)15(10)11)18(16,17)13-5-2/h10,13H,4-8H2,1-3H3. The highest BCUT2D eigenvalue weighted by Crippen LogP contribution is 2.32. The molecular weight excluding hydrogens is 250 g/mol. The molecular formula is C12H21N3O2S. The minimum atomic E-state index is -3.44. The molecule has 102 valence electrons. The quantitative estimate of drug-likeness (QED) is 0.908. The molecule has 0 fully saturated rings. The van der Waals surface area contributed by atoms with Crippen LogP contribution < -0.4 is 4.72 Å². The molecule has 0 saturated heterocycles. The van der Waals surface area contributed by atoms with Crippen LogP contribution in [0, 0.1) is 6.92 Å². The lowest BCUT2D eigenvalue weighted by atomic mass is 10.0. The molecule has 2 rings (SSSR count). The van der Waals surface area contributed by atoms with Gasteiger partial charge in [0.05, 0.1) is 5.69 Å². The van der Waals surface area contributed by atoms with Crippen molar-refractivity contribution >= 4 is 10.0 Å². The zero-order chi connectivity index (χ0) is 13.3. The molecule has 5 nitrogen and oxygen atoms in total. The number of nitrogens with one attached hydrogen (secondary N) is 1. The van der Waals surface area contributed by atoms with E-state index in [0.29, 0.717) is 12.6 Å². The van der Waals surface area contributed by atoms with Crippen LogP contribution in [0.5, 0.6) is 0 Å². The molecule has 1 atom stereocenters. The van der Waals surface area contributed by atoms with Crippen molar-refractivity contribution < 1.29 is 8.42 Å². The predicted molar refractivity (Wildman–Crippen MR) is 70.1 cm³/mol. The van der Waals surface area contributed by atoms with Crippen LogP contribution in [-0.2, 0) is 16.4 Å². The van der Waals surface area contributed by atoms with Crippen molar-refractivity contribution in [1.82, 2.24) is 14.3 Å². The van der Waals surface area contributed by atoms with Gasteiger partial charge in [0.1, 0.15) is 5.82 Å². The lowest BCUT2D eigenvalue weighted by Gasteiger charge is -2.26. The number of fused-ring (bicyclic) bond motifs is 1. The second-order valence-electron chi connectivity index (χ2n) is 4.74. The lowest BCUT2D eigenvalue weighted by molar-refractivity contribution is 0.381. The fourth-order valence-electron chi connectivity index (χ4n) is 2.77. The third kappa shape index (κ3) is 2.19. The number of aromatic nitrogens is 2. The number of sulfonamides is 1. The molecule has 2 heterocycles. The number of imidazole rings is 1. The average Bonchev–Trinajstić information content (AvgIpc) is 2.68. The van der Waals surface area contributed by atoms with Gasteiger partial charge in [0.15, 0.2) is 5.03 Å². The van der Waals surface area contributed by atoms with E-state index in [0.717, 1.165) is 37.2 Å². The van der Waals surface area contributed by atoms with Crippen LogP contribution in [0.2, 0.25) is 0 Å². The summed E-state index contributed by atoms with van der Waals surface area (Å²) in [5.74, 6) is 0.813. The van der Waals surface area contributed by atoms with Crippen LogP contribution in [0.25, 0.3) is 0 Å². The molecule has 0 bridgehead atoms. The van der Waals surface area contributed by atoms with Crippen molar-refractivity contribution in [2.75, 3.05) is 6.54 Å². The highest BCUT2D eigenvalue weighted by molar-refractivity contribution is 7.89. The van der Waals surface area contributed by atoms with E-state index in [2.05, 4.69) is 21.2 Å². The topological polar surface area (TPSA) is 64.0 Å². The van der Waals surface area contributed by atoms with E-state index in [9.17, 15) is 8.42 Å². The van der Waals surface area contributed by atoms with Crippen LogP contribution >= 0.6 is 0 Å². The second kappa shape index (κ2) is 5.01. The minimum absolute atomic E-state index is 0.236. The van der Waals surface area contributed by atoms with Gasteiger partial charge in [-0.3, -0.25) is 0 Å². The first-order valence-corrected chi connectivity index (χ1v) is 8.07. The van der Waals surface area contributed by atoms with E-state index in [4.69, 9.17) is 0 Å². The molecule has 18 heavy (non-hydrogen) atoms. The number of nitrogens with zero attached hydrogens (tertiary/aromatic N) is 2. The van der Waals surface area contributed by atoms with E-state index >= 15 is 0 Å². The van der Waals surface area contributed by atoms with E-state index < -0.39 is 10.0 Å². The monoisotopic (exact) mass is 271 g/mol. The van der Waals surface area contributed by atoms with Crippen LogP contribution in [0.4, 0.5) is 0 Å². The summed E-state index contributed by atoms with van der Waals surface area (Å²) >= 11 is 0. The molecule has 1 aromatic heterocycles. The Kier molecular flexibility index (Phi) is 3.77. The summed E-state index contributed by atoms with van der Waals surface area (Å²) in [6.45, 7) is 6.20. The Balaban J connectivity index is 2.53. The van der Waals surface area contributed by atoms with E-state index in [1.807, 2.05) is 6.92 Å². The average molecular weight is 271 g/mol. The van der Waals surface area contributed by atoms with Crippen molar-refractivity contribution in [3.8, 4) is 0 Å². The maximum absolute atomic E-state index is 12.1. The van der Waals surface area contributed by atoms with Gasteiger partial charge in [0.25, 0.3) is 10.0 Å². The summed E-state index contributed by atoms with van der Waals surface area (Å²) < 4.78 is 28.9. The SMILES string of the molecule is CCNS(=O)(=O)c1nc(C)n2c1CCCC2CC. The molecule has 0 spiro atoms. The van der Waals surface area contributed by atoms with Gasteiger partial charge in [-0.2, -0.15) is 0 Å². The molecule has 1 aromatic rings. The van der Waals surface area contributed by atoms with Crippen LogP contribution in [0.3, 0.4) is 0 Å². The van der Waals surface area contributed by atoms with Gasteiger partial charge in [0.2, 0.25) is 0 Å². The number of hydrogen-bond donors (Lipinski definition) is 1. The summed E-state index contributed by atoms with van der Waals surface area (Å²) in [4.78, 5) is 4.29. The maximum Gasteiger partial charge on any atom is 0.259 e. The van der Waals surface area contributed by atoms with Crippen molar-refractivity contribution in [3.05, 3.63) is 11.5 Å². The summed E-state index contributed by atoms with van der Waals surface area (Å²) in [6, 6.07) is 0.395. The number of aryl methyl sites for hydroxylation is 1. The van der Waals surface area contributed by atoms with Crippen molar-refractivity contribution in [2.45, 2.75) is 57.5 Å². The lowest BCUT2D eigenvalue weighted by Crippen LogP contribution is -2.26. The summed E-state index contributed by atoms with van der Waals surface area (Å²) in [6.07, 6.45) is 3.97. The molecule has 0 aliphatic carbocycles. The minimum Gasteiger partial charge on any atom is -0.328 e. The fourth-order valence-corrected chi connectivity index (χ4v) is 4.05. The van der Waals surface area contributed by atoms with Gasteiger partial charge in [-0.25, -0.2) is 18.1 Å². The molecule has 0 radical (unpaired) electrons. The summed E-state index contributed by atoms with van der Waals surface area (Å²) in [7, 11) is -3.44. The van der Waals surface area contributed by atoms with Gasteiger partial charge in [-0.05, 0) is 32.6 Å². The number of hydrogen-bond acceptors (Lipinski definition) is 3. The van der Waals surface area contributed by atoms with Gasteiger partial charge in [-0.15, -0.1) is 0 Å². The normalized spacial score (nSPS) is 19.8. The van der Waals surface area contributed by atoms with Crippen molar-refractivity contribution in [1.29, 1.82) is 0 Å². The van der Waals surface area contributed by atoms with Gasteiger partial charge >= 0.3 is 0 Å². The first kappa shape index (κ1) is 13.5. The Bertz CT molecular complexity index is 534. The van der Waals surface area contributed by atoms with Crippen LogP contribution in [-0.4, -0.2) is 24.5 Å². The van der Waals surface area contributed by atoms with Crippen LogP contribution in [0.15, 0.2) is 5.03 Å². The van der Waals surface area contributed by atoms with Gasteiger partial charge in [0, 0.05) is 12.6 Å². The Labute approximate surface area is 109 Å².